The van der Waals surface area contributed by atoms with Gasteiger partial charge in [-0.1, -0.05) is 0 Å². The predicted octanol–water partition coefficient (Wildman–Crippen LogP) is 4.57. The average molecular weight is 398 g/mol. The highest BCUT2D eigenvalue weighted by atomic mass is 19.4. The number of amidine groups is 1. The Kier molecular flexibility index (Phi) is 8.49. The Morgan fingerprint density at radius 2 is 2.14 bits per heavy atom. The van der Waals surface area contributed by atoms with Gasteiger partial charge in [-0.2, -0.15) is 23.4 Å². The standard InChI is InChI=1S/C20H29F3N4O/c1-15(25-2)26-19(6-3-9-24)28-12-8-17-13-18(17)16-5-4-10-27(11-7-16)14-20(21,22)23/h6,16-18H,2-5,7-8,10-14H2,1H3/b19-6+,26-15-. The molecule has 0 bridgehead atoms. The fraction of sp³-hybridized carbons (Fsp3) is 0.750. The van der Waals surface area contributed by atoms with Crippen molar-refractivity contribution in [3.05, 3.63) is 12.0 Å². The number of rotatable bonds is 8. The van der Waals surface area contributed by atoms with Crippen LogP contribution in [0, 0.1) is 29.1 Å². The SMILES string of the molecule is C=N/C(C)=N\C(=C/CC#N)OCCC1CC1C1CCCN(CC(F)(F)F)CC1. The lowest BCUT2D eigenvalue weighted by Crippen LogP contribution is -2.35. The predicted molar refractivity (Wildman–Crippen MR) is 103 cm³/mol. The van der Waals surface area contributed by atoms with Crippen LogP contribution in [0.5, 0.6) is 0 Å². The summed E-state index contributed by atoms with van der Waals surface area (Å²) in [7, 11) is 0. The zero-order valence-electron chi connectivity index (χ0n) is 16.4. The number of hydrogen-bond donors (Lipinski definition) is 0. The van der Waals surface area contributed by atoms with Crippen LogP contribution in [0.25, 0.3) is 0 Å². The highest BCUT2D eigenvalue weighted by Gasteiger charge is 2.43. The number of aliphatic imine (C=N–C) groups is 2. The van der Waals surface area contributed by atoms with E-state index in [0.717, 1.165) is 32.1 Å². The molecule has 1 saturated carbocycles. The van der Waals surface area contributed by atoms with Gasteiger partial charge in [0.15, 0.2) is 0 Å². The maximum atomic E-state index is 12.6. The Labute approximate surface area is 165 Å². The van der Waals surface area contributed by atoms with E-state index in [-0.39, 0.29) is 6.42 Å². The van der Waals surface area contributed by atoms with Gasteiger partial charge in [-0.3, -0.25) is 4.90 Å². The van der Waals surface area contributed by atoms with Crippen molar-refractivity contribution in [3.8, 4) is 6.07 Å². The van der Waals surface area contributed by atoms with Crippen molar-refractivity contribution in [2.75, 3.05) is 26.2 Å². The maximum Gasteiger partial charge on any atom is 0.401 e. The van der Waals surface area contributed by atoms with Gasteiger partial charge < -0.3 is 4.74 Å². The van der Waals surface area contributed by atoms with Crippen LogP contribution in [0.15, 0.2) is 21.9 Å². The third-order valence-electron chi connectivity index (χ3n) is 5.46. The van der Waals surface area contributed by atoms with Gasteiger partial charge in [0.1, 0.15) is 5.84 Å². The Morgan fingerprint density at radius 3 is 2.82 bits per heavy atom. The molecule has 8 heteroatoms. The first-order valence-electron chi connectivity index (χ1n) is 9.83. The van der Waals surface area contributed by atoms with E-state index in [0.29, 0.717) is 49.2 Å². The second-order valence-corrected chi connectivity index (χ2v) is 7.60. The summed E-state index contributed by atoms with van der Waals surface area (Å²) in [6.45, 7) is 5.92. The van der Waals surface area contributed by atoms with E-state index in [1.165, 1.54) is 0 Å². The van der Waals surface area contributed by atoms with Crippen molar-refractivity contribution in [2.45, 2.75) is 51.6 Å². The highest BCUT2D eigenvalue weighted by Crippen LogP contribution is 2.49. The van der Waals surface area contributed by atoms with E-state index >= 15 is 0 Å². The Bertz CT molecular complexity index is 624. The molecule has 28 heavy (non-hydrogen) atoms. The molecule has 0 N–H and O–H groups in total. The van der Waals surface area contributed by atoms with Crippen LogP contribution in [0.2, 0.25) is 0 Å². The summed E-state index contributed by atoms with van der Waals surface area (Å²) in [5.41, 5.74) is 0. The summed E-state index contributed by atoms with van der Waals surface area (Å²) in [6.07, 6.45) is 2.44. The second kappa shape index (κ2) is 10.6. The molecule has 0 radical (unpaired) electrons. The largest absolute Gasteiger partial charge is 0.478 e. The summed E-state index contributed by atoms with van der Waals surface area (Å²) >= 11 is 0. The number of alkyl halides is 3. The molecule has 2 aliphatic rings. The van der Waals surface area contributed by atoms with Gasteiger partial charge in [0.2, 0.25) is 5.88 Å². The van der Waals surface area contributed by atoms with Gasteiger partial charge in [-0.25, -0.2) is 4.99 Å². The summed E-state index contributed by atoms with van der Waals surface area (Å²) < 4.78 is 43.5. The summed E-state index contributed by atoms with van der Waals surface area (Å²) in [6, 6.07) is 2.03. The molecule has 0 amide bonds. The van der Waals surface area contributed by atoms with E-state index in [4.69, 9.17) is 10.00 Å². The number of likely N-dealkylation sites (tertiary alicyclic amines) is 1. The van der Waals surface area contributed by atoms with Crippen LogP contribution in [0.4, 0.5) is 13.2 Å². The molecule has 1 aliphatic heterocycles. The van der Waals surface area contributed by atoms with Crippen LogP contribution in [0.3, 0.4) is 0 Å². The minimum Gasteiger partial charge on any atom is -0.478 e. The molecule has 5 nitrogen and oxygen atoms in total. The van der Waals surface area contributed by atoms with Gasteiger partial charge in [-0.15, -0.1) is 0 Å². The molecule has 0 aromatic heterocycles. The molecule has 3 unspecified atom stereocenters. The van der Waals surface area contributed by atoms with Crippen LogP contribution >= 0.6 is 0 Å². The van der Waals surface area contributed by atoms with Crippen molar-refractivity contribution >= 4 is 12.6 Å². The van der Waals surface area contributed by atoms with E-state index in [2.05, 4.69) is 16.7 Å². The van der Waals surface area contributed by atoms with Crippen LogP contribution in [0.1, 0.15) is 45.4 Å². The molecular weight excluding hydrogens is 369 g/mol. The van der Waals surface area contributed by atoms with Gasteiger partial charge in [0.25, 0.3) is 0 Å². The minimum atomic E-state index is -4.11. The monoisotopic (exact) mass is 398 g/mol. The van der Waals surface area contributed by atoms with Crippen molar-refractivity contribution in [1.82, 2.24) is 4.90 Å². The molecule has 1 aliphatic carbocycles. The first-order valence-corrected chi connectivity index (χ1v) is 9.83. The molecule has 0 spiro atoms. The number of nitriles is 1. The highest BCUT2D eigenvalue weighted by molar-refractivity contribution is 5.84. The smallest absolute Gasteiger partial charge is 0.401 e. The van der Waals surface area contributed by atoms with Crippen LogP contribution < -0.4 is 0 Å². The normalized spacial score (nSPS) is 27.0. The summed E-state index contributed by atoms with van der Waals surface area (Å²) in [4.78, 5) is 9.45. The lowest BCUT2D eigenvalue weighted by molar-refractivity contribution is -0.145. The number of allylic oxidation sites excluding steroid dienone is 1. The number of ether oxygens (including phenoxy) is 1. The van der Waals surface area contributed by atoms with Crippen LogP contribution in [-0.2, 0) is 4.74 Å². The minimum absolute atomic E-state index is 0.214. The summed E-state index contributed by atoms with van der Waals surface area (Å²) in [5.74, 6) is 2.55. The molecule has 2 rings (SSSR count). The molecule has 1 saturated heterocycles. The Hall–Kier alpha value is -1.88. The number of nitrogens with zero attached hydrogens (tertiary/aromatic N) is 4. The van der Waals surface area contributed by atoms with E-state index in [1.54, 1.807) is 17.9 Å². The molecule has 2 fully saturated rings. The average Bonchev–Trinajstić information content (AvgIpc) is 3.41. The Morgan fingerprint density at radius 1 is 1.36 bits per heavy atom. The fourth-order valence-corrected chi connectivity index (χ4v) is 3.98. The molecule has 156 valence electrons. The molecule has 0 aromatic carbocycles. The molecule has 1 heterocycles. The van der Waals surface area contributed by atoms with Crippen molar-refractivity contribution in [1.29, 1.82) is 5.26 Å². The fourth-order valence-electron chi connectivity index (χ4n) is 3.98. The quantitative estimate of drug-likeness (QED) is 0.342. The summed E-state index contributed by atoms with van der Waals surface area (Å²) in [5, 5.41) is 8.71. The maximum absolute atomic E-state index is 12.6. The first kappa shape index (κ1) is 22.4. The van der Waals surface area contributed by atoms with Crippen molar-refractivity contribution in [2.24, 2.45) is 27.7 Å². The van der Waals surface area contributed by atoms with Crippen LogP contribution in [-0.4, -0.2) is 49.9 Å². The zero-order chi connectivity index (χ0) is 20.6. The lowest BCUT2D eigenvalue weighted by Gasteiger charge is -2.21. The van der Waals surface area contributed by atoms with Crippen molar-refractivity contribution < 1.29 is 17.9 Å². The zero-order valence-corrected chi connectivity index (χ0v) is 16.4. The van der Waals surface area contributed by atoms with Crippen molar-refractivity contribution in [3.63, 3.8) is 0 Å². The molecule has 3 atom stereocenters. The number of hydrogen-bond acceptors (Lipinski definition) is 4. The topological polar surface area (TPSA) is 61.0 Å². The van der Waals surface area contributed by atoms with Gasteiger partial charge in [-0.05, 0) is 82.7 Å². The van der Waals surface area contributed by atoms with E-state index < -0.39 is 12.7 Å². The van der Waals surface area contributed by atoms with Gasteiger partial charge >= 0.3 is 6.18 Å². The Balaban J connectivity index is 1.74. The third-order valence-corrected chi connectivity index (χ3v) is 5.46. The first-order chi connectivity index (χ1) is 13.3. The lowest BCUT2D eigenvalue weighted by atomic mass is 9.93. The second-order valence-electron chi connectivity index (χ2n) is 7.60. The van der Waals surface area contributed by atoms with Gasteiger partial charge in [0, 0.05) is 0 Å². The molecular formula is C20H29F3N4O. The van der Waals surface area contributed by atoms with Gasteiger partial charge in [0.05, 0.1) is 25.6 Å². The number of halogens is 3. The molecule has 0 aromatic rings. The van der Waals surface area contributed by atoms with E-state index in [1.807, 2.05) is 6.07 Å². The van der Waals surface area contributed by atoms with E-state index in [9.17, 15) is 13.2 Å². The third kappa shape index (κ3) is 8.01.